The number of aromatic nitrogens is 4. The second-order valence-electron chi connectivity index (χ2n) is 5.15. The van der Waals surface area contributed by atoms with Gasteiger partial charge in [-0.2, -0.15) is 5.10 Å². The molecule has 3 aromatic rings. The van der Waals surface area contributed by atoms with Gasteiger partial charge in [-0.25, -0.2) is 4.79 Å². The molecule has 0 saturated carbocycles. The van der Waals surface area contributed by atoms with E-state index in [0.29, 0.717) is 16.8 Å². The molecule has 0 spiro atoms. The van der Waals surface area contributed by atoms with Crippen molar-refractivity contribution in [3.05, 3.63) is 57.7 Å². The van der Waals surface area contributed by atoms with Crippen LogP contribution >= 0.6 is 0 Å². The average Bonchev–Trinajstić information content (AvgIpc) is 3.21. The summed E-state index contributed by atoms with van der Waals surface area (Å²) >= 11 is 0. The number of rotatable bonds is 5. The van der Waals surface area contributed by atoms with Crippen molar-refractivity contribution >= 4 is 11.7 Å². The van der Waals surface area contributed by atoms with Crippen LogP contribution in [0.3, 0.4) is 0 Å². The number of hydrogen-bond donors (Lipinski definition) is 0. The highest BCUT2D eigenvalue weighted by molar-refractivity contribution is 5.90. The molecule has 1 aromatic carbocycles. The predicted molar refractivity (Wildman–Crippen MR) is 83.5 cm³/mol. The quantitative estimate of drug-likeness (QED) is 0.391. The summed E-state index contributed by atoms with van der Waals surface area (Å²) in [6, 6.07) is 5.68. The number of hydrogen-bond acceptors (Lipinski definition) is 8. The van der Waals surface area contributed by atoms with Gasteiger partial charge in [0.2, 0.25) is 5.89 Å². The summed E-state index contributed by atoms with van der Waals surface area (Å²) in [5.74, 6) is -0.248. The van der Waals surface area contributed by atoms with Gasteiger partial charge in [0.1, 0.15) is 5.56 Å². The van der Waals surface area contributed by atoms with Crippen molar-refractivity contribution in [1.29, 1.82) is 0 Å². The fourth-order valence-electron chi connectivity index (χ4n) is 2.06. The van der Waals surface area contributed by atoms with Crippen molar-refractivity contribution in [2.75, 3.05) is 0 Å². The zero-order valence-corrected chi connectivity index (χ0v) is 13.4. The van der Waals surface area contributed by atoms with Crippen LogP contribution in [0.1, 0.15) is 21.9 Å². The Balaban J connectivity index is 1.66. The molecule has 3 rings (SSSR count). The normalized spacial score (nSPS) is 10.6. The first-order valence-corrected chi connectivity index (χ1v) is 7.18. The van der Waals surface area contributed by atoms with E-state index in [4.69, 9.17) is 9.15 Å². The fraction of sp³-hybridized carbons (Fsp3) is 0.200. The Bertz CT molecular complexity index is 928. The van der Waals surface area contributed by atoms with Crippen LogP contribution in [0.5, 0.6) is 0 Å². The molecule has 2 heterocycles. The summed E-state index contributed by atoms with van der Waals surface area (Å²) in [4.78, 5) is 22.1. The molecule has 10 heteroatoms. The van der Waals surface area contributed by atoms with Gasteiger partial charge < -0.3 is 9.15 Å². The molecule has 25 heavy (non-hydrogen) atoms. The summed E-state index contributed by atoms with van der Waals surface area (Å²) in [7, 11) is 1.72. The summed E-state index contributed by atoms with van der Waals surface area (Å²) in [5.41, 5.74) is 1.53. The molecule has 0 aliphatic rings. The Morgan fingerprint density at radius 2 is 2.04 bits per heavy atom. The number of nitro groups is 1. The minimum Gasteiger partial charge on any atom is -0.452 e. The lowest BCUT2D eigenvalue weighted by atomic mass is 10.2. The number of aryl methyl sites for hydroxylation is 1. The number of nitrogens with zero attached hydrogens (tertiary/aromatic N) is 5. The molecule has 0 atom stereocenters. The van der Waals surface area contributed by atoms with E-state index in [1.165, 1.54) is 30.5 Å². The molecule has 0 radical (unpaired) electrons. The van der Waals surface area contributed by atoms with Gasteiger partial charge in [-0.3, -0.25) is 14.8 Å². The largest absolute Gasteiger partial charge is 0.452 e. The van der Waals surface area contributed by atoms with Crippen molar-refractivity contribution in [2.24, 2.45) is 7.05 Å². The molecule has 0 bridgehead atoms. The van der Waals surface area contributed by atoms with Crippen LogP contribution in [0.2, 0.25) is 0 Å². The first kappa shape index (κ1) is 16.3. The Kier molecular flexibility index (Phi) is 4.25. The number of non-ortho nitro benzene ring substituents is 1. The lowest BCUT2D eigenvalue weighted by Gasteiger charge is -2.01. The van der Waals surface area contributed by atoms with Crippen LogP contribution in [-0.4, -0.2) is 30.9 Å². The van der Waals surface area contributed by atoms with Gasteiger partial charge >= 0.3 is 5.97 Å². The number of carbonyl (C=O) groups is 1. The van der Waals surface area contributed by atoms with E-state index in [1.54, 1.807) is 18.7 Å². The second kappa shape index (κ2) is 6.51. The topological polar surface area (TPSA) is 126 Å². The minimum absolute atomic E-state index is 0.0377. The van der Waals surface area contributed by atoms with Gasteiger partial charge in [-0.15, -0.1) is 10.2 Å². The summed E-state index contributed by atoms with van der Waals surface area (Å²) < 4.78 is 12.1. The average molecular weight is 343 g/mol. The molecule has 0 amide bonds. The number of carbonyl (C=O) groups excluding carboxylic acids is 1. The SMILES string of the molecule is Cc1c(C(=O)OCc2nnc(-c3ccc([N+](=O)[O-])cc3)o2)cnn1C. The second-order valence-corrected chi connectivity index (χ2v) is 5.15. The smallest absolute Gasteiger partial charge is 0.342 e. The highest BCUT2D eigenvalue weighted by Gasteiger charge is 2.16. The third-order valence-electron chi connectivity index (χ3n) is 3.57. The monoisotopic (exact) mass is 343 g/mol. The van der Waals surface area contributed by atoms with Gasteiger partial charge in [0.15, 0.2) is 6.61 Å². The highest BCUT2D eigenvalue weighted by Crippen LogP contribution is 2.21. The molecule has 10 nitrogen and oxygen atoms in total. The van der Waals surface area contributed by atoms with E-state index in [2.05, 4.69) is 15.3 Å². The number of esters is 1. The van der Waals surface area contributed by atoms with Crippen LogP contribution in [0.25, 0.3) is 11.5 Å². The Hall–Kier alpha value is -3.56. The van der Waals surface area contributed by atoms with E-state index in [0.717, 1.165) is 0 Å². The molecule has 0 aliphatic heterocycles. The standard InChI is InChI=1S/C15H13N5O5/c1-9-12(7-16-19(9)2)15(21)24-8-13-17-18-14(25-13)10-3-5-11(6-4-10)20(22)23/h3-7H,8H2,1-2H3. The summed E-state index contributed by atoms with van der Waals surface area (Å²) in [5, 5.41) is 22.2. The van der Waals surface area contributed by atoms with Crippen molar-refractivity contribution in [3.63, 3.8) is 0 Å². The molecule has 128 valence electrons. The summed E-state index contributed by atoms with van der Waals surface area (Å²) in [6.07, 6.45) is 1.42. The molecule has 0 N–H and O–H groups in total. The number of benzene rings is 1. The Labute approximate surface area is 141 Å². The summed E-state index contributed by atoms with van der Waals surface area (Å²) in [6.45, 7) is 1.57. The van der Waals surface area contributed by atoms with Crippen molar-refractivity contribution in [2.45, 2.75) is 13.5 Å². The first-order valence-electron chi connectivity index (χ1n) is 7.18. The van der Waals surface area contributed by atoms with E-state index in [-0.39, 0.29) is 24.1 Å². The zero-order chi connectivity index (χ0) is 18.0. The molecule has 0 fully saturated rings. The van der Waals surface area contributed by atoms with Crippen LogP contribution in [0, 0.1) is 17.0 Å². The molecule has 0 unspecified atom stereocenters. The third-order valence-corrected chi connectivity index (χ3v) is 3.57. The van der Waals surface area contributed by atoms with E-state index < -0.39 is 10.9 Å². The van der Waals surface area contributed by atoms with Gasteiger partial charge in [0.05, 0.1) is 11.1 Å². The molecule has 2 aromatic heterocycles. The maximum atomic E-state index is 12.0. The van der Waals surface area contributed by atoms with E-state index in [1.807, 2.05) is 0 Å². The van der Waals surface area contributed by atoms with Crippen molar-refractivity contribution in [3.8, 4) is 11.5 Å². The highest BCUT2D eigenvalue weighted by atomic mass is 16.6. The van der Waals surface area contributed by atoms with Crippen LogP contribution in [0.4, 0.5) is 5.69 Å². The Morgan fingerprint density at radius 3 is 2.64 bits per heavy atom. The van der Waals surface area contributed by atoms with E-state index >= 15 is 0 Å². The first-order chi connectivity index (χ1) is 12.0. The third kappa shape index (κ3) is 3.37. The van der Waals surface area contributed by atoms with Crippen molar-refractivity contribution < 1.29 is 18.9 Å². The van der Waals surface area contributed by atoms with Gasteiger partial charge in [-0.05, 0) is 19.1 Å². The van der Waals surface area contributed by atoms with Gasteiger partial charge in [0.25, 0.3) is 11.6 Å². The van der Waals surface area contributed by atoms with Gasteiger partial charge in [0, 0.05) is 30.4 Å². The molecule has 0 aliphatic carbocycles. The number of nitro benzene ring substituents is 1. The van der Waals surface area contributed by atoms with Gasteiger partial charge in [-0.1, -0.05) is 0 Å². The Morgan fingerprint density at radius 1 is 1.32 bits per heavy atom. The zero-order valence-electron chi connectivity index (χ0n) is 13.4. The number of ether oxygens (including phenoxy) is 1. The van der Waals surface area contributed by atoms with E-state index in [9.17, 15) is 14.9 Å². The van der Waals surface area contributed by atoms with Crippen LogP contribution in [-0.2, 0) is 18.4 Å². The lowest BCUT2D eigenvalue weighted by molar-refractivity contribution is -0.384. The van der Waals surface area contributed by atoms with Crippen LogP contribution in [0.15, 0.2) is 34.9 Å². The van der Waals surface area contributed by atoms with Crippen molar-refractivity contribution in [1.82, 2.24) is 20.0 Å². The maximum absolute atomic E-state index is 12.0. The fourth-order valence-corrected chi connectivity index (χ4v) is 2.06. The van der Waals surface area contributed by atoms with Crippen LogP contribution < -0.4 is 0 Å². The molecular formula is C15H13N5O5. The molecular weight excluding hydrogens is 330 g/mol. The minimum atomic E-state index is -0.541. The molecule has 0 saturated heterocycles. The lowest BCUT2D eigenvalue weighted by Crippen LogP contribution is -2.07. The predicted octanol–water partition coefficient (Wildman–Crippen LogP) is 2.04. The maximum Gasteiger partial charge on any atom is 0.342 e.